The number of hydrogen-bond donors (Lipinski definition) is 2. The largest absolute Gasteiger partial charge is 0.368 e. The molecule has 1 aliphatic heterocycles. The molecule has 2 aromatic rings. The summed E-state index contributed by atoms with van der Waals surface area (Å²) < 4.78 is 1.24. The fraction of sp³-hybridized carbons (Fsp3) is 0.571. The zero-order chi connectivity index (χ0) is 13.5. The lowest BCUT2D eigenvalue weighted by Crippen LogP contribution is -2.44. The van der Waals surface area contributed by atoms with E-state index in [1.807, 2.05) is 11.3 Å². The van der Waals surface area contributed by atoms with E-state index in [2.05, 4.69) is 20.2 Å². The lowest BCUT2D eigenvalue weighted by molar-refractivity contribution is 0.586. The molecule has 1 fully saturated rings. The molecule has 6 heteroatoms. The normalized spacial score (nSPS) is 19.3. The van der Waals surface area contributed by atoms with E-state index in [9.17, 15) is 0 Å². The van der Waals surface area contributed by atoms with Crippen LogP contribution in [0.5, 0.6) is 0 Å². The second kappa shape index (κ2) is 4.86. The van der Waals surface area contributed by atoms with Crippen LogP contribution in [0.25, 0.3) is 10.2 Å². The van der Waals surface area contributed by atoms with Crippen LogP contribution in [0.2, 0.25) is 0 Å². The molecule has 1 saturated heterocycles. The lowest BCUT2D eigenvalue weighted by Gasteiger charge is -2.28. The maximum Gasteiger partial charge on any atom is 0.222 e. The molecule has 3 heterocycles. The van der Waals surface area contributed by atoms with Gasteiger partial charge in [0, 0.05) is 31.1 Å². The topological polar surface area (TPSA) is 67.1 Å². The van der Waals surface area contributed by atoms with Crippen LogP contribution in [0.3, 0.4) is 0 Å². The van der Waals surface area contributed by atoms with Crippen LogP contribution in [0.4, 0.5) is 11.8 Å². The molecule has 0 saturated carbocycles. The fourth-order valence-electron chi connectivity index (χ4n) is 3.21. The maximum atomic E-state index is 5.96. The van der Waals surface area contributed by atoms with Crippen molar-refractivity contribution in [1.82, 2.24) is 15.3 Å². The van der Waals surface area contributed by atoms with Gasteiger partial charge in [-0.3, -0.25) is 0 Å². The highest BCUT2D eigenvalue weighted by Gasteiger charge is 2.23. The van der Waals surface area contributed by atoms with Gasteiger partial charge >= 0.3 is 0 Å². The molecule has 2 aliphatic rings. The smallest absolute Gasteiger partial charge is 0.222 e. The van der Waals surface area contributed by atoms with Crippen LogP contribution in [-0.4, -0.2) is 36.1 Å². The average Bonchev–Trinajstić information content (AvgIpc) is 2.86. The lowest BCUT2D eigenvalue weighted by atomic mass is 9.98. The maximum absolute atomic E-state index is 5.96. The summed E-state index contributed by atoms with van der Waals surface area (Å²) in [6, 6.07) is 0. The van der Waals surface area contributed by atoms with E-state index in [0.29, 0.717) is 5.95 Å². The minimum Gasteiger partial charge on any atom is -0.368 e. The van der Waals surface area contributed by atoms with Crippen LogP contribution in [-0.2, 0) is 12.8 Å². The van der Waals surface area contributed by atoms with E-state index >= 15 is 0 Å². The first kappa shape index (κ1) is 12.3. The molecule has 3 N–H and O–H groups in total. The summed E-state index contributed by atoms with van der Waals surface area (Å²) in [6.07, 6.45) is 4.90. The van der Waals surface area contributed by atoms with Gasteiger partial charge < -0.3 is 16.0 Å². The first-order chi connectivity index (χ1) is 9.83. The highest BCUT2D eigenvalue weighted by molar-refractivity contribution is 7.19. The van der Waals surface area contributed by atoms with E-state index < -0.39 is 0 Å². The Morgan fingerprint density at radius 2 is 1.90 bits per heavy atom. The number of anilines is 2. The standard InChI is InChI=1S/C14H19N5S/c15-14-17-11-9-3-1-2-4-10(9)20-12(11)13(18-14)19-7-5-16-6-8-19/h16H,1-8H2,(H2,15,17,18). The highest BCUT2D eigenvalue weighted by Crippen LogP contribution is 2.39. The highest BCUT2D eigenvalue weighted by atomic mass is 32.1. The molecule has 0 amide bonds. The number of thiophene rings is 1. The summed E-state index contributed by atoms with van der Waals surface area (Å²) in [7, 11) is 0. The zero-order valence-corrected chi connectivity index (χ0v) is 12.3. The SMILES string of the molecule is Nc1nc(N2CCNCC2)c2sc3c(c2n1)CCCC3. The first-order valence-electron chi connectivity index (χ1n) is 7.36. The second-order valence-electron chi connectivity index (χ2n) is 5.53. The van der Waals surface area contributed by atoms with Crippen molar-refractivity contribution in [3.8, 4) is 0 Å². The third kappa shape index (κ3) is 1.94. The first-order valence-corrected chi connectivity index (χ1v) is 8.18. The van der Waals surface area contributed by atoms with Crippen molar-refractivity contribution in [2.75, 3.05) is 36.8 Å². The minimum absolute atomic E-state index is 0.414. The van der Waals surface area contributed by atoms with Crippen LogP contribution in [0.1, 0.15) is 23.3 Å². The number of piperazine rings is 1. The van der Waals surface area contributed by atoms with E-state index in [1.165, 1.54) is 34.4 Å². The predicted octanol–water partition coefficient (Wildman–Crippen LogP) is 1.56. The van der Waals surface area contributed by atoms with E-state index in [0.717, 1.165) is 43.9 Å². The van der Waals surface area contributed by atoms with Crippen molar-refractivity contribution in [2.45, 2.75) is 25.7 Å². The predicted molar refractivity (Wildman–Crippen MR) is 83.6 cm³/mol. The van der Waals surface area contributed by atoms with Gasteiger partial charge in [-0.15, -0.1) is 11.3 Å². The average molecular weight is 289 g/mol. The molecule has 0 unspecified atom stereocenters. The molecule has 0 spiro atoms. The van der Waals surface area contributed by atoms with Crippen molar-refractivity contribution in [2.24, 2.45) is 0 Å². The summed E-state index contributed by atoms with van der Waals surface area (Å²) in [5.41, 5.74) is 8.51. The Morgan fingerprint density at radius 1 is 1.10 bits per heavy atom. The number of hydrogen-bond acceptors (Lipinski definition) is 6. The number of nitrogens with one attached hydrogen (secondary N) is 1. The van der Waals surface area contributed by atoms with E-state index in [-0.39, 0.29) is 0 Å². The number of rotatable bonds is 1. The number of nitrogen functional groups attached to an aromatic ring is 1. The van der Waals surface area contributed by atoms with Gasteiger partial charge in [0.15, 0.2) is 5.82 Å². The third-order valence-corrected chi connectivity index (χ3v) is 5.49. The molecule has 0 bridgehead atoms. The molecular formula is C14H19N5S. The van der Waals surface area contributed by atoms with Gasteiger partial charge in [0.05, 0.1) is 10.2 Å². The number of nitrogens with two attached hydrogens (primary N) is 1. The van der Waals surface area contributed by atoms with Gasteiger partial charge in [0.1, 0.15) is 0 Å². The van der Waals surface area contributed by atoms with E-state index in [1.54, 1.807) is 0 Å². The Balaban J connectivity index is 1.89. The summed E-state index contributed by atoms with van der Waals surface area (Å²) in [6.45, 7) is 4.01. The van der Waals surface area contributed by atoms with Crippen molar-refractivity contribution in [3.63, 3.8) is 0 Å². The van der Waals surface area contributed by atoms with Crippen LogP contribution in [0, 0.1) is 0 Å². The van der Waals surface area contributed by atoms with Gasteiger partial charge in [-0.2, -0.15) is 4.98 Å². The molecular weight excluding hydrogens is 270 g/mol. The van der Waals surface area contributed by atoms with Crippen LogP contribution >= 0.6 is 11.3 Å². The van der Waals surface area contributed by atoms with Crippen molar-refractivity contribution in [3.05, 3.63) is 10.4 Å². The quantitative estimate of drug-likeness (QED) is 0.834. The molecule has 5 nitrogen and oxygen atoms in total. The Labute approximate surface area is 122 Å². The Hall–Kier alpha value is -1.40. The van der Waals surface area contributed by atoms with Gasteiger partial charge in [0.25, 0.3) is 0 Å². The zero-order valence-electron chi connectivity index (χ0n) is 11.5. The molecule has 106 valence electrons. The Kier molecular flexibility index (Phi) is 3.00. The van der Waals surface area contributed by atoms with Crippen molar-refractivity contribution >= 4 is 33.3 Å². The molecule has 4 rings (SSSR count). The summed E-state index contributed by atoms with van der Waals surface area (Å²) in [5.74, 6) is 1.46. The summed E-state index contributed by atoms with van der Waals surface area (Å²) in [4.78, 5) is 12.9. The monoisotopic (exact) mass is 289 g/mol. The van der Waals surface area contributed by atoms with Crippen LogP contribution in [0.15, 0.2) is 0 Å². The minimum atomic E-state index is 0.414. The molecule has 20 heavy (non-hydrogen) atoms. The number of aryl methyl sites for hydroxylation is 2. The van der Waals surface area contributed by atoms with Gasteiger partial charge in [-0.25, -0.2) is 4.98 Å². The number of aromatic nitrogens is 2. The molecule has 1 aliphatic carbocycles. The van der Waals surface area contributed by atoms with Gasteiger partial charge in [-0.1, -0.05) is 0 Å². The number of nitrogens with zero attached hydrogens (tertiary/aromatic N) is 3. The van der Waals surface area contributed by atoms with Crippen molar-refractivity contribution in [1.29, 1.82) is 0 Å². The molecule has 2 aromatic heterocycles. The third-order valence-electron chi connectivity index (χ3n) is 4.21. The van der Waals surface area contributed by atoms with Gasteiger partial charge in [0.2, 0.25) is 5.95 Å². The van der Waals surface area contributed by atoms with Gasteiger partial charge in [-0.05, 0) is 31.2 Å². The summed E-state index contributed by atoms with van der Waals surface area (Å²) >= 11 is 1.89. The Bertz CT molecular complexity index is 645. The molecule has 0 radical (unpaired) electrons. The van der Waals surface area contributed by atoms with E-state index in [4.69, 9.17) is 5.73 Å². The van der Waals surface area contributed by atoms with Crippen LogP contribution < -0.4 is 16.0 Å². The molecule has 0 aromatic carbocycles. The number of fused-ring (bicyclic) bond motifs is 3. The van der Waals surface area contributed by atoms with Crippen molar-refractivity contribution < 1.29 is 0 Å². The Morgan fingerprint density at radius 3 is 2.75 bits per heavy atom. The second-order valence-corrected chi connectivity index (χ2v) is 6.64. The summed E-state index contributed by atoms with van der Waals surface area (Å²) in [5, 5.41) is 3.38. The molecule has 0 atom stereocenters. The fourth-order valence-corrected chi connectivity index (χ4v) is 4.56.